The van der Waals surface area contributed by atoms with Gasteiger partial charge in [0.25, 0.3) is 0 Å². The molecule has 1 unspecified atom stereocenters. The normalized spacial score (nSPS) is 15.5. The molecular weight excluding hydrogens is 480 g/mol. The average Bonchev–Trinajstić information content (AvgIpc) is 3.54. The van der Waals surface area contributed by atoms with Crippen LogP contribution in [0.25, 0.3) is 66.8 Å². The van der Waals surface area contributed by atoms with Gasteiger partial charge in [-0.25, -0.2) is 15.0 Å². The van der Waals surface area contributed by atoms with Gasteiger partial charge < -0.3 is 4.42 Å². The van der Waals surface area contributed by atoms with Gasteiger partial charge in [-0.3, -0.25) is 4.57 Å². The summed E-state index contributed by atoms with van der Waals surface area (Å²) in [5.74, 6) is 1.73. The molecule has 0 spiro atoms. The molecule has 0 bridgehead atoms. The molecule has 1 aliphatic carbocycles. The van der Waals surface area contributed by atoms with E-state index in [1.54, 1.807) is 0 Å². The van der Waals surface area contributed by atoms with E-state index in [1.807, 2.05) is 36.4 Å². The number of allylic oxidation sites excluding steroid dienone is 4. The highest BCUT2D eigenvalue weighted by Gasteiger charge is 2.20. The molecule has 0 N–H and O–H groups in total. The molecule has 7 aromatic rings. The SMILES string of the molecule is CC1C=C(c2nc(-n3c4ccccc4c4cc5oc(-c6ccccc6)nc5cc43)nc3ccccc23)C=CC1. The van der Waals surface area contributed by atoms with E-state index in [-0.39, 0.29) is 0 Å². The molecule has 0 aliphatic heterocycles. The van der Waals surface area contributed by atoms with E-state index in [9.17, 15) is 0 Å². The summed E-state index contributed by atoms with van der Waals surface area (Å²) in [6.07, 6.45) is 7.79. The number of benzene rings is 4. The van der Waals surface area contributed by atoms with E-state index in [0.717, 1.165) is 67.1 Å². The lowest BCUT2D eigenvalue weighted by Gasteiger charge is -2.15. The molecule has 186 valence electrons. The topological polar surface area (TPSA) is 56.7 Å². The molecule has 0 saturated carbocycles. The predicted molar refractivity (Wildman–Crippen MR) is 158 cm³/mol. The zero-order chi connectivity index (χ0) is 25.9. The van der Waals surface area contributed by atoms with E-state index >= 15 is 0 Å². The molecule has 0 radical (unpaired) electrons. The molecule has 4 aromatic carbocycles. The van der Waals surface area contributed by atoms with Crippen molar-refractivity contribution >= 4 is 49.4 Å². The van der Waals surface area contributed by atoms with Crippen molar-refractivity contribution in [3.8, 4) is 17.4 Å². The zero-order valence-corrected chi connectivity index (χ0v) is 21.4. The van der Waals surface area contributed by atoms with Crippen molar-refractivity contribution in [3.63, 3.8) is 0 Å². The van der Waals surface area contributed by atoms with Gasteiger partial charge in [0.05, 0.1) is 22.2 Å². The average molecular weight is 505 g/mol. The lowest BCUT2D eigenvalue weighted by atomic mass is 9.94. The summed E-state index contributed by atoms with van der Waals surface area (Å²) in [7, 11) is 0. The van der Waals surface area contributed by atoms with E-state index in [1.165, 1.54) is 0 Å². The van der Waals surface area contributed by atoms with Gasteiger partial charge in [0, 0.05) is 21.7 Å². The minimum Gasteiger partial charge on any atom is -0.436 e. The highest BCUT2D eigenvalue weighted by atomic mass is 16.3. The Balaban J connectivity index is 1.43. The molecule has 0 amide bonds. The monoisotopic (exact) mass is 504 g/mol. The van der Waals surface area contributed by atoms with Crippen LogP contribution in [0.15, 0.2) is 114 Å². The van der Waals surface area contributed by atoms with Crippen LogP contribution in [0.5, 0.6) is 0 Å². The summed E-state index contributed by atoms with van der Waals surface area (Å²) in [5, 5.41) is 3.26. The largest absolute Gasteiger partial charge is 0.436 e. The highest BCUT2D eigenvalue weighted by Crippen LogP contribution is 2.36. The Morgan fingerprint density at radius 2 is 1.54 bits per heavy atom. The van der Waals surface area contributed by atoms with Gasteiger partial charge in [-0.15, -0.1) is 0 Å². The molecule has 3 heterocycles. The number of aromatic nitrogens is 4. The fraction of sp³-hybridized carbons (Fsp3) is 0.0882. The Kier molecular flexibility index (Phi) is 4.79. The number of hydrogen-bond acceptors (Lipinski definition) is 4. The first-order chi connectivity index (χ1) is 19.2. The number of oxazole rings is 1. The minimum absolute atomic E-state index is 0.467. The summed E-state index contributed by atoms with van der Waals surface area (Å²) < 4.78 is 8.39. The summed E-state index contributed by atoms with van der Waals surface area (Å²) in [5.41, 5.74) is 7.58. The van der Waals surface area contributed by atoms with Crippen molar-refractivity contribution in [2.24, 2.45) is 5.92 Å². The standard InChI is InChI=1S/C34H24N4O/c1-21-10-9-13-23(18-21)32-25-15-5-7-16-27(25)36-34(37-32)38-29-17-8-6-14-24(29)26-19-31-28(20-30(26)38)35-33(39-31)22-11-3-2-4-12-22/h2-9,11-21H,10H2,1H3. The van der Waals surface area contributed by atoms with Crippen LogP contribution in [-0.2, 0) is 0 Å². The quantitative estimate of drug-likeness (QED) is 0.242. The van der Waals surface area contributed by atoms with Crippen LogP contribution in [0, 0.1) is 5.92 Å². The lowest BCUT2D eigenvalue weighted by Crippen LogP contribution is -2.06. The van der Waals surface area contributed by atoms with Crippen LogP contribution in [0.1, 0.15) is 19.0 Å². The Morgan fingerprint density at radius 3 is 2.41 bits per heavy atom. The van der Waals surface area contributed by atoms with Gasteiger partial charge in [0.1, 0.15) is 5.52 Å². The van der Waals surface area contributed by atoms with Crippen LogP contribution in [0.2, 0.25) is 0 Å². The third-order valence-electron chi connectivity index (χ3n) is 7.54. The van der Waals surface area contributed by atoms with Crippen LogP contribution in [0.4, 0.5) is 0 Å². The fourth-order valence-electron chi connectivity index (χ4n) is 5.69. The smallest absolute Gasteiger partial charge is 0.235 e. The highest BCUT2D eigenvalue weighted by molar-refractivity contribution is 6.12. The van der Waals surface area contributed by atoms with Crippen molar-refractivity contribution < 1.29 is 4.42 Å². The van der Waals surface area contributed by atoms with Gasteiger partial charge in [0.15, 0.2) is 5.58 Å². The van der Waals surface area contributed by atoms with Crippen molar-refractivity contribution in [3.05, 3.63) is 115 Å². The second kappa shape index (κ2) is 8.50. The third-order valence-corrected chi connectivity index (χ3v) is 7.54. The van der Waals surface area contributed by atoms with Gasteiger partial charge in [-0.2, -0.15) is 0 Å². The summed E-state index contributed by atoms with van der Waals surface area (Å²) >= 11 is 0. The predicted octanol–water partition coefficient (Wildman–Crippen LogP) is 8.51. The summed E-state index contributed by atoms with van der Waals surface area (Å²) in [4.78, 5) is 15.2. The van der Waals surface area contributed by atoms with Gasteiger partial charge in [-0.1, -0.05) is 79.7 Å². The van der Waals surface area contributed by atoms with Crippen LogP contribution >= 0.6 is 0 Å². The van der Waals surface area contributed by atoms with Crippen molar-refractivity contribution in [2.75, 3.05) is 0 Å². The molecule has 5 heteroatoms. The van der Waals surface area contributed by atoms with Crippen LogP contribution in [0.3, 0.4) is 0 Å². The first kappa shape index (κ1) is 22.0. The van der Waals surface area contributed by atoms with E-state index in [0.29, 0.717) is 17.8 Å². The van der Waals surface area contributed by atoms with Gasteiger partial charge >= 0.3 is 0 Å². The summed E-state index contributed by atoms with van der Waals surface area (Å²) in [6, 6.07) is 30.9. The molecule has 8 rings (SSSR count). The molecule has 5 nitrogen and oxygen atoms in total. The molecule has 1 atom stereocenters. The van der Waals surface area contributed by atoms with Crippen molar-refractivity contribution in [1.29, 1.82) is 0 Å². The molecule has 0 fully saturated rings. The Bertz CT molecular complexity index is 2110. The van der Waals surface area contributed by atoms with E-state index in [2.05, 4.69) is 84.3 Å². The Labute approximate surface area is 224 Å². The second-order valence-corrected chi connectivity index (χ2v) is 10.2. The first-order valence-electron chi connectivity index (χ1n) is 13.3. The van der Waals surface area contributed by atoms with Gasteiger partial charge in [0.2, 0.25) is 11.8 Å². The zero-order valence-electron chi connectivity index (χ0n) is 21.4. The number of fused-ring (bicyclic) bond motifs is 5. The fourth-order valence-corrected chi connectivity index (χ4v) is 5.69. The molecule has 3 aromatic heterocycles. The summed E-state index contributed by atoms with van der Waals surface area (Å²) in [6.45, 7) is 2.24. The second-order valence-electron chi connectivity index (χ2n) is 10.2. The lowest BCUT2D eigenvalue weighted by molar-refractivity contribution is 0.620. The number of hydrogen-bond donors (Lipinski definition) is 0. The Morgan fingerprint density at radius 1 is 0.744 bits per heavy atom. The number of rotatable bonds is 3. The van der Waals surface area contributed by atoms with Crippen LogP contribution in [-0.4, -0.2) is 19.5 Å². The molecule has 39 heavy (non-hydrogen) atoms. The Hall–Kier alpha value is -5.03. The van der Waals surface area contributed by atoms with E-state index in [4.69, 9.17) is 19.4 Å². The maximum atomic E-state index is 6.23. The third kappa shape index (κ3) is 3.51. The minimum atomic E-state index is 0.467. The number of para-hydroxylation sites is 2. The van der Waals surface area contributed by atoms with Crippen molar-refractivity contribution in [1.82, 2.24) is 19.5 Å². The maximum Gasteiger partial charge on any atom is 0.235 e. The molecular formula is C34H24N4O. The van der Waals surface area contributed by atoms with Crippen LogP contribution < -0.4 is 0 Å². The van der Waals surface area contributed by atoms with E-state index < -0.39 is 0 Å². The number of nitrogens with zero attached hydrogens (tertiary/aromatic N) is 4. The molecule has 0 saturated heterocycles. The van der Waals surface area contributed by atoms with Gasteiger partial charge in [-0.05, 0) is 54.3 Å². The molecule has 1 aliphatic rings. The first-order valence-corrected chi connectivity index (χ1v) is 13.3. The van der Waals surface area contributed by atoms with Crippen molar-refractivity contribution in [2.45, 2.75) is 13.3 Å². The maximum absolute atomic E-state index is 6.23.